The normalized spacial score (nSPS) is 15.3. The number of nitrogens with zero attached hydrogens (tertiary/aromatic N) is 2. The molecule has 0 bridgehead atoms. The first-order valence-electron chi connectivity index (χ1n) is 22.0. The molecular weight excluding hydrogens is 819 g/mol. The van der Waals surface area contributed by atoms with Gasteiger partial charge in [-0.1, -0.05) is 92.6 Å². The molecule has 64 heavy (non-hydrogen) atoms. The predicted octanol–water partition coefficient (Wildman–Crippen LogP) is 13.5. The Labute approximate surface area is 374 Å². The van der Waals surface area contributed by atoms with Gasteiger partial charge in [-0.05, 0) is 104 Å². The molecule has 0 aliphatic heterocycles. The summed E-state index contributed by atoms with van der Waals surface area (Å²) in [6.07, 6.45) is 6.28. The number of rotatable bonds is 13. The molecule has 9 aromatic rings. The van der Waals surface area contributed by atoms with Crippen LogP contribution in [0.1, 0.15) is 82.2 Å². The van der Waals surface area contributed by atoms with Gasteiger partial charge in [-0.3, -0.25) is 0 Å². The Bertz CT molecular complexity index is 3250. The van der Waals surface area contributed by atoms with Crippen molar-refractivity contribution in [1.29, 1.82) is 0 Å². The number of nitrogens with one attached hydrogen (secondary N) is 1. The minimum absolute atomic E-state index is 0.0749. The third-order valence-electron chi connectivity index (χ3n) is 13.0. The van der Waals surface area contributed by atoms with E-state index >= 15 is 0 Å². The van der Waals surface area contributed by atoms with E-state index in [1.54, 1.807) is 23.5 Å². The monoisotopic (exact) mass is 865 g/mol. The molecular formula is C54H47N3O6S. The second kappa shape index (κ2) is 17.3. The van der Waals surface area contributed by atoms with Crippen LogP contribution in [0.5, 0.6) is 5.75 Å². The molecule has 1 aliphatic rings. The van der Waals surface area contributed by atoms with Crippen LogP contribution in [0.2, 0.25) is 0 Å². The fourth-order valence-corrected chi connectivity index (χ4v) is 10.8. The van der Waals surface area contributed by atoms with E-state index in [9.17, 15) is 19.8 Å². The van der Waals surface area contributed by atoms with Gasteiger partial charge in [0, 0.05) is 54.5 Å². The minimum atomic E-state index is -1.01. The number of carboxylic acid groups (broad SMARTS) is 2. The molecule has 10 rings (SSSR count). The number of hydrogen-bond donors (Lipinski definition) is 3. The molecule has 0 radical (unpaired) electrons. The average molecular weight is 866 g/mol. The van der Waals surface area contributed by atoms with Crippen molar-refractivity contribution in [3.8, 4) is 28.3 Å². The van der Waals surface area contributed by atoms with Crippen molar-refractivity contribution in [2.45, 2.75) is 71.4 Å². The third-order valence-corrected chi connectivity index (χ3v) is 13.9. The van der Waals surface area contributed by atoms with E-state index in [0.717, 1.165) is 86.7 Å². The summed E-state index contributed by atoms with van der Waals surface area (Å²) in [4.78, 5) is 36.9. The minimum Gasteiger partial charge on any atom is -0.489 e. The van der Waals surface area contributed by atoms with Gasteiger partial charge in [-0.15, -0.1) is 11.3 Å². The molecule has 9 nitrogen and oxygen atoms in total. The summed E-state index contributed by atoms with van der Waals surface area (Å²) in [6, 6.07) is 37.1. The number of aromatic nitrogens is 2. The van der Waals surface area contributed by atoms with Gasteiger partial charge in [0.15, 0.2) is 0 Å². The highest BCUT2D eigenvalue weighted by molar-refractivity contribution is 7.17. The number of thiophene rings is 1. The average Bonchev–Trinajstić information content (AvgIpc) is 3.91. The molecule has 1 fully saturated rings. The smallest absolute Gasteiger partial charge is 0.336 e. The molecule has 0 saturated heterocycles. The number of furan rings is 1. The molecule has 10 heteroatoms. The van der Waals surface area contributed by atoms with E-state index < -0.39 is 11.9 Å². The number of pyridine rings is 2. The zero-order chi connectivity index (χ0) is 43.9. The van der Waals surface area contributed by atoms with Crippen LogP contribution in [0.4, 0.5) is 5.69 Å². The molecule has 5 aromatic carbocycles. The van der Waals surface area contributed by atoms with E-state index in [4.69, 9.17) is 19.1 Å². The largest absolute Gasteiger partial charge is 0.489 e. The summed E-state index contributed by atoms with van der Waals surface area (Å²) < 4.78 is 13.4. The van der Waals surface area contributed by atoms with Gasteiger partial charge in [0.2, 0.25) is 0 Å². The summed E-state index contributed by atoms with van der Waals surface area (Å²) in [5, 5.41) is 30.7. The number of ether oxygens (including phenoxy) is 1. The summed E-state index contributed by atoms with van der Waals surface area (Å²) in [7, 11) is 0. The zero-order valence-corrected chi connectivity index (χ0v) is 36.5. The Hall–Kier alpha value is -7.04. The topological polar surface area (TPSA) is 135 Å². The lowest BCUT2D eigenvalue weighted by atomic mass is 9.80. The lowest BCUT2D eigenvalue weighted by molar-refractivity contribution is 0.0688. The highest BCUT2D eigenvalue weighted by Gasteiger charge is 2.29. The number of aromatic carboxylic acids is 2. The summed E-state index contributed by atoms with van der Waals surface area (Å²) in [5.74, 6) is -0.375. The Morgan fingerprint density at radius 3 is 2.25 bits per heavy atom. The predicted molar refractivity (Wildman–Crippen MR) is 256 cm³/mol. The number of para-hydroxylation sites is 2. The maximum Gasteiger partial charge on any atom is 0.336 e. The van der Waals surface area contributed by atoms with Crippen molar-refractivity contribution >= 4 is 71.8 Å². The van der Waals surface area contributed by atoms with E-state index in [2.05, 4.69) is 41.9 Å². The van der Waals surface area contributed by atoms with Crippen LogP contribution in [0, 0.1) is 12.8 Å². The van der Waals surface area contributed by atoms with Gasteiger partial charge in [0.25, 0.3) is 0 Å². The molecule has 2 unspecified atom stereocenters. The van der Waals surface area contributed by atoms with Gasteiger partial charge >= 0.3 is 11.9 Å². The first-order chi connectivity index (χ1) is 31.2. The van der Waals surface area contributed by atoms with Crippen LogP contribution >= 0.6 is 11.3 Å². The number of carbonyl (C=O) groups is 2. The maximum absolute atomic E-state index is 13.2. The van der Waals surface area contributed by atoms with Crippen LogP contribution in [0.3, 0.4) is 0 Å². The third kappa shape index (κ3) is 7.62. The van der Waals surface area contributed by atoms with E-state index in [1.165, 1.54) is 0 Å². The molecule has 0 amide bonds. The highest BCUT2D eigenvalue weighted by Crippen LogP contribution is 2.41. The van der Waals surface area contributed by atoms with Crippen molar-refractivity contribution in [2.75, 3.05) is 5.32 Å². The van der Waals surface area contributed by atoms with Crippen LogP contribution in [0.15, 0.2) is 125 Å². The second-order valence-electron chi connectivity index (χ2n) is 16.8. The number of fused-ring (bicyclic) bond motifs is 4. The summed E-state index contributed by atoms with van der Waals surface area (Å²) in [6.45, 7) is 4.15. The number of anilines is 1. The molecule has 3 N–H and O–H groups in total. The fraction of sp³-hybridized carbons (Fsp3) is 0.222. The number of hydrogen-bond acceptors (Lipinski definition) is 8. The zero-order valence-electron chi connectivity index (χ0n) is 35.7. The molecule has 4 aromatic heterocycles. The van der Waals surface area contributed by atoms with Gasteiger partial charge < -0.3 is 24.7 Å². The number of benzene rings is 5. The molecule has 0 spiro atoms. The summed E-state index contributed by atoms with van der Waals surface area (Å²) >= 11 is 1.62. The Morgan fingerprint density at radius 2 is 1.44 bits per heavy atom. The number of aryl methyl sites for hydroxylation is 3. The van der Waals surface area contributed by atoms with Gasteiger partial charge in [0.05, 0.1) is 33.5 Å². The Morgan fingerprint density at radius 1 is 0.766 bits per heavy atom. The first-order valence-corrected chi connectivity index (χ1v) is 22.9. The molecule has 1 aliphatic carbocycles. The van der Waals surface area contributed by atoms with Crippen molar-refractivity contribution in [1.82, 2.24) is 9.97 Å². The molecule has 1 saturated carbocycles. The Kier molecular flexibility index (Phi) is 11.1. The van der Waals surface area contributed by atoms with E-state index in [1.807, 2.05) is 85.8 Å². The summed E-state index contributed by atoms with van der Waals surface area (Å²) in [5.41, 5.74) is 8.90. The van der Waals surface area contributed by atoms with Crippen molar-refractivity contribution in [3.63, 3.8) is 0 Å². The standard InChI is InChI=1S/C54H47N3O6S/c1-3-32-25-26-43(50-40(54(60)61)28-45(57-51(32)50)48-31(2)63-46-19-11-8-17-38(46)48)55-42-18-10-7-13-33(42)21-22-34-23-24-35(29-62-36-14-5-4-6-15-36)49-39(53(58)59)27-44(56-52(34)49)41-30-64-47-20-12-9-16-37(41)47/h4-6,8-9,11-12,14-17,19-20,23-28,30,33,42,55H,3,7,10,13,18,21-22,29H2,1-2H3,(H,58,59)(H,60,61). The van der Waals surface area contributed by atoms with Crippen LogP contribution < -0.4 is 10.1 Å². The molecule has 320 valence electrons. The lowest BCUT2D eigenvalue weighted by Gasteiger charge is -2.34. The molecule has 2 atom stereocenters. The van der Waals surface area contributed by atoms with Gasteiger partial charge in [-0.25, -0.2) is 19.6 Å². The van der Waals surface area contributed by atoms with Gasteiger partial charge in [0.1, 0.15) is 23.7 Å². The quantitative estimate of drug-likeness (QED) is 0.103. The Balaban J connectivity index is 1.01. The van der Waals surface area contributed by atoms with Crippen molar-refractivity contribution in [2.24, 2.45) is 5.92 Å². The number of carboxylic acids is 2. The van der Waals surface area contributed by atoms with Crippen LogP contribution in [0.25, 0.3) is 65.4 Å². The fourth-order valence-electron chi connectivity index (χ4n) is 9.82. The maximum atomic E-state index is 13.2. The van der Waals surface area contributed by atoms with E-state index in [0.29, 0.717) is 57.5 Å². The lowest BCUT2D eigenvalue weighted by Crippen LogP contribution is -2.32. The van der Waals surface area contributed by atoms with Gasteiger partial charge in [-0.2, -0.15) is 0 Å². The highest BCUT2D eigenvalue weighted by atomic mass is 32.1. The van der Waals surface area contributed by atoms with Crippen LogP contribution in [-0.4, -0.2) is 38.2 Å². The van der Waals surface area contributed by atoms with Crippen LogP contribution in [-0.2, 0) is 19.4 Å². The molecule has 4 heterocycles. The van der Waals surface area contributed by atoms with Crippen molar-refractivity contribution in [3.05, 3.63) is 154 Å². The first kappa shape index (κ1) is 41.0. The van der Waals surface area contributed by atoms with Crippen molar-refractivity contribution < 1.29 is 29.0 Å². The second-order valence-corrected chi connectivity index (χ2v) is 17.7. The van der Waals surface area contributed by atoms with E-state index in [-0.39, 0.29) is 29.7 Å². The SMILES string of the molecule is CCc1ccc(NC2CCCCC2CCc2ccc(COc3ccccc3)c3c(C(=O)O)cc(-c4csc5ccccc45)nc23)c2c(C(=O)O)cc(-c3c(C)oc4ccccc34)nc12.